The summed E-state index contributed by atoms with van der Waals surface area (Å²) < 4.78 is 49.3. The van der Waals surface area contributed by atoms with Crippen molar-refractivity contribution in [1.82, 2.24) is 0 Å². The molecule has 0 spiro atoms. The first-order valence-electron chi connectivity index (χ1n) is 6.51. The van der Waals surface area contributed by atoms with Crippen LogP contribution in [0.15, 0.2) is 18.2 Å². The Morgan fingerprint density at radius 3 is 2.70 bits per heavy atom. The van der Waals surface area contributed by atoms with E-state index < -0.39 is 11.7 Å². The Balaban J connectivity index is 2.21. The van der Waals surface area contributed by atoms with Crippen LogP contribution in [0.1, 0.15) is 18.9 Å². The quantitative estimate of drug-likeness (QED) is 0.919. The van der Waals surface area contributed by atoms with Crippen molar-refractivity contribution < 1.29 is 22.6 Å². The van der Waals surface area contributed by atoms with Gasteiger partial charge >= 0.3 is 6.18 Å². The minimum absolute atomic E-state index is 0.0769. The molecule has 0 aromatic heterocycles. The van der Waals surface area contributed by atoms with Crippen molar-refractivity contribution >= 4 is 5.69 Å². The second-order valence-electron chi connectivity index (χ2n) is 4.97. The van der Waals surface area contributed by atoms with Crippen molar-refractivity contribution in [2.45, 2.75) is 25.6 Å². The van der Waals surface area contributed by atoms with Crippen LogP contribution in [-0.2, 0) is 10.9 Å². The maximum absolute atomic E-state index is 13.1. The second kappa shape index (κ2) is 5.91. The van der Waals surface area contributed by atoms with E-state index in [-0.39, 0.29) is 23.4 Å². The number of hydrogen-bond donors (Lipinski definition) is 1. The van der Waals surface area contributed by atoms with Crippen molar-refractivity contribution in [3.8, 4) is 5.75 Å². The van der Waals surface area contributed by atoms with Crippen LogP contribution < -0.4 is 10.1 Å². The highest BCUT2D eigenvalue weighted by Gasteiger charge is 2.35. The highest BCUT2D eigenvalue weighted by atomic mass is 19.4. The summed E-state index contributed by atoms with van der Waals surface area (Å²) in [5.41, 5.74) is -0.625. The van der Waals surface area contributed by atoms with Gasteiger partial charge in [-0.1, -0.05) is 0 Å². The number of ether oxygens (including phenoxy) is 2. The molecule has 1 heterocycles. The highest BCUT2D eigenvalue weighted by Crippen LogP contribution is 2.37. The van der Waals surface area contributed by atoms with Crippen LogP contribution in [0.4, 0.5) is 18.9 Å². The second-order valence-corrected chi connectivity index (χ2v) is 4.97. The maximum Gasteiger partial charge on any atom is 0.418 e. The van der Waals surface area contributed by atoms with Gasteiger partial charge in [-0.2, -0.15) is 13.2 Å². The van der Waals surface area contributed by atoms with Gasteiger partial charge in [-0.3, -0.25) is 0 Å². The Hall–Kier alpha value is -1.43. The molecule has 0 amide bonds. The molecule has 2 rings (SSSR count). The molecule has 1 aromatic rings. The molecule has 6 heteroatoms. The fourth-order valence-corrected chi connectivity index (χ4v) is 2.32. The normalized spacial score (nSPS) is 20.8. The summed E-state index contributed by atoms with van der Waals surface area (Å²) in [5.74, 6) is 0.429. The molecule has 20 heavy (non-hydrogen) atoms. The van der Waals surface area contributed by atoms with Crippen molar-refractivity contribution in [2.75, 3.05) is 25.6 Å². The largest absolute Gasteiger partial charge is 0.497 e. The number of alkyl halides is 3. The third kappa shape index (κ3) is 3.36. The molecule has 1 aliphatic heterocycles. The zero-order valence-electron chi connectivity index (χ0n) is 11.5. The van der Waals surface area contributed by atoms with E-state index >= 15 is 0 Å². The van der Waals surface area contributed by atoms with Gasteiger partial charge in [0, 0.05) is 24.3 Å². The van der Waals surface area contributed by atoms with Gasteiger partial charge in [-0.25, -0.2) is 0 Å². The third-order valence-corrected chi connectivity index (χ3v) is 3.59. The number of halogens is 3. The van der Waals surface area contributed by atoms with E-state index in [2.05, 4.69) is 5.32 Å². The van der Waals surface area contributed by atoms with Crippen molar-refractivity contribution in [3.05, 3.63) is 23.8 Å². The van der Waals surface area contributed by atoms with E-state index in [0.717, 1.165) is 12.5 Å². The summed E-state index contributed by atoms with van der Waals surface area (Å²) in [6.45, 7) is 3.14. The average molecular weight is 289 g/mol. The number of methoxy groups -OCH3 is 1. The molecule has 112 valence electrons. The predicted octanol–water partition coefficient (Wildman–Crippen LogP) is 3.55. The van der Waals surface area contributed by atoms with Crippen LogP contribution in [-0.4, -0.2) is 26.4 Å². The lowest BCUT2D eigenvalue weighted by Gasteiger charge is -2.23. The molecule has 0 bridgehead atoms. The Morgan fingerprint density at radius 1 is 1.40 bits per heavy atom. The lowest BCUT2D eigenvalue weighted by atomic mass is 10.00. The monoisotopic (exact) mass is 289 g/mol. The van der Waals surface area contributed by atoms with Crippen LogP contribution in [0.3, 0.4) is 0 Å². The van der Waals surface area contributed by atoms with Crippen molar-refractivity contribution in [1.29, 1.82) is 0 Å². The molecule has 3 nitrogen and oxygen atoms in total. The highest BCUT2D eigenvalue weighted by molar-refractivity contribution is 5.56. The van der Waals surface area contributed by atoms with E-state index in [1.165, 1.54) is 19.2 Å². The lowest BCUT2D eigenvalue weighted by molar-refractivity contribution is -0.137. The Morgan fingerprint density at radius 2 is 2.15 bits per heavy atom. The van der Waals surface area contributed by atoms with Crippen molar-refractivity contribution in [3.63, 3.8) is 0 Å². The molecule has 1 aromatic carbocycles. The summed E-state index contributed by atoms with van der Waals surface area (Å²) in [7, 11) is 1.35. The number of hydrogen-bond acceptors (Lipinski definition) is 3. The summed E-state index contributed by atoms with van der Waals surface area (Å²) in [4.78, 5) is 0. The summed E-state index contributed by atoms with van der Waals surface area (Å²) in [5, 5.41) is 2.95. The third-order valence-electron chi connectivity index (χ3n) is 3.59. The number of nitrogens with one attached hydrogen (secondary N) is 1. The summed E-state index contributed by atoms with van der Waals surface area (Å²) >= 11 is 0. The van der Waals surface area contributed by atoms with Crippen LogP contribution >= 0.6 is 0 Å². The standard InChI is InChI=1S/C14H18F3NO2/c1-9(10-5-6-20-8-10)18-13-4-3-11(19-2)7-12(13)14(15,16)17/h3-4,7,9-10,18H,5-6,8H2,1-2H3. The van der Waals surface area contributed by atoms with E-state index in [4.69, 9.17) is 9.47 Å². The lowest BCUT2D eigenvalue weighted by Crippen LogP contribution is -2.27. The molecular formula is C14H18F3NO2. The first kappa shape index (κ1) is 15.0. The summed E-state index contributed by atoms with van der Waals surface area (Å²) in [6.07, 6.45) is -3.55. The van der Waals surface area contributed by atoms with E-state index in [0.29, 0.717) is 13.2 Å². The minimum Gasteiger partial charge on any atom is -0.497 e. The van der Waals surface area contributed by atoms with Gasteiger partial charge in [-0.15, -0.1) is 0 Å². The number of rotatable bonds is 4. The van der Waals surface area contributed by atoms with Gasteiger partial charge in [0.1, 0.15) is 5.75 Å². The molecule has 1 saturated heterocycles. The molecule has 0 aliphatic carbocycles. The zero-order valence-corrected chi connectivity index (χ0v) is 11.5. The topological polar surface area (TPSA) is 30.5 Å². The number of anilines is 1. The molecule has 1 fully saturated rings. The Labute approximate surface area is 116 Å². The first-order valence-corrected chi connectivity index (χ1v) is 6.51. The van der Waals surface area contributed by atoms with Gasteiger partial charge in [0.05, 0.1) is 19.3 Å². The van der Waals surface area contributed by atoms with E-state index in [9.17, 15) is 13.2 Å². The van der Waals surface area contributed by atoms with Crippen LogP contribution in [0.5, 0.6) is 5.75 Å². The number of benzene rings is 1. The SMILES string of the molecule is COc1ccc(NC(C)C2CCOC2)c(C(F)(F)F)c1. The first-order chi connectivity index (χ1) is 9.41. The summed E-state index contributed by atoms with van der Waals surface area (Å²) in [6, 6.07) is 3.87. The van der Waals surface area contributed by atoms with Gasteiger partial charge in [0.15, 0.2) is 0 Å². The predicted molar refractivity (Wildman–Crippen MR) is 70.0 cm³/mol. The van der Waals surface area contributed by atoms with Crippen LogP contribution in [0, 0.1) is 5.92 Å². The van der Waals surface area contributed by atoms with E-state index in [1.54, 1.807) is 0 Å². The molecule has 2 unspecified atom stereocenters. The minimum atomic E-state index is -4.41. The van der Waals surface area contributed by atoms with Gasteiger partial charge in [-0.05, 0) is 31.5 Å². The smallest absolute Gasteiger partial charge is 0.418 e. The molecular weight excluding hydrogens is 271 g/mol. The van der Waals surface area contributed by atoms with Gasteiger partial charge in [0.2, 0.25) is 0 Å². The Kier molecular flexibility index (Phi) is 4.42. The van der Waals surface area contributed by atoms with Crippen LogP contribution in [0.2, 0.25) is 0 Å². The average Bonchev–Trinajstić information content (AvgIpc) is 2.91. The Bertz CT molecular complexity index is 456. The molecule has 1 N–H and O–H groups in total. The van der Waals surface area contributed by atoms with Crippen LogP contribution in [0.25, 0.3) is 0 Å². The van der Waals surface area contributed by atoms with Gasteiger partial charge < -0.3 is 14.8 Å². The maximum atomic E-state index is 13.1. The van der Waals surface area contributed by atoms with Crippen molar-refractivity contribution in [2.24, 2.45) is 5.92 Å². The van der Waals surface area contributed by atoms with E-state index in [1.807, 2.05) is 6.92 Å². The van der Waals surface area contributed by atoms with Gasteiger partial charge in [0.25, 0.3) is 0 Å². The zero-order chi connectivity index (χ0) is 14.8. The fourth-order valence-electron chi connectivity index (χ4n) is 2.32. The molecule has 0 radical (unpaired) electrons. The molecule has 2 atom stereocenters. The fraction of sp³-hybridized carbons (Fsp3) is 0.571. The molecule has 0 saturated carbocycles. The molecule has 1 aliphatic rings.